The summed E-state index contributed by atoms with van der Waals surface area (Å²) in [6, 6.07) is 7.00. The summed E-state index contributed by atoms with van der Waals surface area (Å²) in [7, 11) is 1.31. The predicted molar refractivity (Wildman–Crippen MR) is 67.3 cm³/mol. The van der Waals surface area contributed by atoms with Gasteiger partial charge in [0.25, 0.3) is 0 Å². The molecule has 1 aromatic carbocycles. The quantitative estimate of drug-likeness (QED) is 0.523. The summed E-state index contributed by atoms with van der Waals surface area (Å²) >= 11 is 0. The number of rotatable bonds is 1. The Bertz CT molecular complexity index is 761. The van der Waals surface area contributed by atoms with Crippen molar-refractivity contribution in [2.24, 2.45) is 0 Å². The van der Waals surface area contributed by atoms with Gasteiger partial charge in [-0.25, -0.2) is 9.78 Å². The van der Waals surface area contributed by atoms with Gasteiger partial charge in [-0.05, 0) is 24.3 Å². The normalized spacial score (nSPS) is 10.9. The lowest BCUT2D eigenvalue weighted by Gasteiger charge is -2.02. The number of benzene rings is 1. The highest BCUT2D eigenvalue weighted by Crippen LogP contribution is 2.30. The number of methoxy groups -OCH3 is 1. The fourth-order valence-electron chi connectivity index (χ4n) is 1.96. The molecule has 2 heterocycles. The van der Waals surface area contributed by atoms with Gasteiger partial charge < -0.3 is 14.9 Å². The zero-order chi connectivity index (χ0) is 12.7. The Morgan fingerprint density at radius 3 is 3.00 bits per heavy atom. The molecule has 0 bridgehead atoms. The fourth-order valence-corrected chi connectivity index (χ4v) is 1.96. The van der Waals surface area contributed by atoms with Gasteiger partial charge in [0.15, 0.2) is 0 Å². The summed E-state index contributed by atoms with van der Waals surface area (Å²) in [5, 5.41) is 1.71. The molecule has 3 rings (SSSR count). The molecule has 0 amide bonds. The second-order valence-corrected chi connectivity index (χ2v) is 3.89. The highest BCUT2D eigenvalue weighted by molar-refractivity contribution is 6.08. The van der Waals surface area contributed by atoms with E-state index >= 15 is 0 Å². The number of furan rings is 1. The van der Waals surface area contributed by atoms with E-state index in [1.54, 1.807) is 18.3 Å². The Kier molecular flexibility index (Phi) is 2.19. The van der Waals surface area contributed by atoms with E-state index in [4.69, 9.17) is 10.2 Å². The Balaban J connectivity index is 2.36. The molecule has 3 aromatic rings. The van der Waals surface area contributed by atoms with Gasteiger partial charge in [-0.1, -0.05) is 0 Å². The number of carbonyl (C=O) groups is 1. The molecular weight excluding hydrogens is 232 g/mol. The molecular formula is C13H10N2O3. The standard InChI is InChI=1S/C13H10N2O3/c1-17-13(16)9-6-11-8(5-10(9)14)7-3-2-4-15-12(7)18-11/h2-6H,14H2,1H3. The first kappa shape index (κ1) is 10.6. The van der Waals surface area contributed by atoms with Crippen LogP contribution in [0, 0.1) is 0 Å². The number of esters is 1. The van der Waals surface area contributed by atoms with Crippen molar-refractivity contribution in [1.82, 2.24) is 4.98 Å². The highest BCUT2D eigenvalue weighted by Gasteiger charge is 2.15. The minimum absolute atomic E-state index is 0.295. The molecule has 0 aliphatic rings. The van der Waals surface area contributed by atoms with Crippen LogP contribution in [0.3, 0.4) is 0 Å². The lowest BCUT2D eigenvalue weighted by atomic mass is 10.1. The fraction of sp³-hybridized carbons (Fsp3) is 0.0769. The minimum atomic E-state index is -0.484. The van der Waals surface area contributed by atoms with E-state index in [1.165, 1.54) is 7.11 Å². The molecule has 90 valence electrons. The van der Waals surface area contributed by atoms with Crippen LogP contribution in [0.25, 0.3) is 22.1 Å². The van der Waals surface area contributed by atoms with Gasteiger partial charge in [0.1, 0.15) is 5.58 Å². The monoisotopic (exact) mass is 242 g/mol. The molecule has 0 unspecified atom stereocenters. The van der Waals surface area contributed by atoms with Crippen LogP contribution in [-0.4, -0.2) is 18.1 Å². The lowest BCUT2D eigenvalue weighted by molar-refractivity contribution is 0.0602. The average molecular weight is 242 g/mol. The Morgan fingerprint density at radius 2 is 2.22 bits per heavy atom. The lowest BCUT2D eigenvalue weighted by Crippen LogP contribution is -2.05. The molecule has 0 saturated carbocycles. The molecule has 0 fully saturated rings. The van der Waals surface area contributed by atoms with Gasteiger partial charge in [-0.3, -0.25) is 0 Å². The molecule has 0 atom stereocenters. The number of aromatic nitrogens is 1. The van der Waals surface area contributed by atoms with Crippen LogP contribution in [0.5, 0.6) is 0 Å². The number of nitrogens with zero attached hydrogens (tertiary/aromatic N) is 1. The van der Waals surface area contributed by atoms with E-state index < -0.39 is 5.97 Å². The van der Waals surface area contributed by atoms with Gasteiger partial charge >= 0.3 is 5.97 Å². The van der Waals surface area contributed by atoms with Gasteiger partial charge in [0.05, 0.1) is 12.7 Å². The first-order valence-corrected chi connectivity index (χ1v) is 5.36. The number of fused-ring (bicyclic) bond motifs is 3. The molecule has 2 N–H and O–H groups in total. The van der Waals surface area contributed by atoms with E-state index in [9.17, 15) is 4.79 Å². The molecule has 0 aliphatic heterocycles. The zero-order valence-corrected chi connectivity index (χ0v) is 9.64. The van der Waals surface area contributed by atoms with E-state index in [0.717, 1.165) is 10.8 Å². The third-order valence-corrected chi connectivity index (χ3v) is 2.83. The second-order valence-electron chi connectivity index (χ2n) is 3.89. The summed E-state index contributed by atoms with van der Waals surface area (Å²) in [6.07, 6.45) is 1.65. The van der Waals surface area contributed by atoms with Crippen LogP contribution in [-0.2, 0) is 4.74 Å². The van der Waals surface area contributed by atoms with Crippen LogP contribution in [0.2, 0.25) is 0 Å². The predicted octanol–water partition coefficient (Wildman–Crippen LogP) is 2.35. The van der Waals surface area contributed by atoms with Gasteiger partial charge in [0.2, 0.25) is 5.71 Å². The van der Waals surface area contributed by atoms with Crippen molar-refractivity contribution in [2.45, 2.75) is 0 Å². The molecule has 5 heteroatoms. The topological polar surface area (TPSA) is 78.3 Å². The maximum atomic E-state index is 11.5. The largest absolute Gasteiger partial charge is 0.465 e. The molecule has 0 saturated heterocycles. The van der Waals surface area contributed by atoms with E-state index in [0.29, 0.717) is 22.5 Å². The summed E-state index contributed by atoms with van der Waals surface area (Å²) < 4.78 is 10.2. The second kappa shape index (κ2) is 3.73. The van der Waals surface area contributed by atoms with E-state index in [2.05, 4.69) is 9.72 Å². The molecule has 18 heavy (non-hydrogen) atoms. The number of nitrogen functional groups attached to an aromatic ring is 1. The van der Waals surface area contributed by atoms with Crippen molar-refractivity contribution in [1.29, 1.82) is 0 Å². The van der Waals surface area contributed by atoms with Crippen molar-refractivity contribution in [2.75, 3.05) is 12.8 Å². The third-order valence-electron chi connectivity index (χ3n) is 2.83. The Morgan fingerprint density at radius 1 is 1.39 bits per heavy atom. The third kappa shape index (κ3) is 1.41. The van der Waals surface area contributed by atoms with Gasteiger partial charge in [0, 0.05) is 22.7 Å². The summed E-state index contributed by atoms with van der Waals surface area (Å²) in [5.74, 6) is -0.484. The van der Waals surface area contributed by atoms with Crippen LogP contribution in [0.4, 0.5) is 5.69 Å². The number of ether oxygens (including phenoxy) is 1. The number of hydrogen-bond donors (Lipinski definition) is 1. The van der Waals surface area contributed by atoms with Crippen molar-refractivity contribution in [3.63, 3.8) is 0 Å². The molecule has 0 radical (unpaired) electrons. The van der Waals surface area contributed by atoms with Crippen molar-refractivity contribution in [3.05, 3.63) is 36.0 Å². The summed E-state index contributed by atoms with van der Waals surface area (Å²) in [4.78, 5) is 15.7. The number of pyridine rings is 1. The van der Waals surface area contributed by atoms with Crippen LogP contribution in [0.1, 0.15) is 10.4 Å². The summed E-state index contributed by atoms with van der Waals surface area (Å²) in [5.41, 5.74) is 7.60. The molecule has 5 nitrogen and oxygen atoms in total. The first-order valence-electron chi connectivity index (χ1n) is 5.36. The van der Waals surface area contributed by atoms with Crippen molar-refractivity contribution < 1.29 is 13.9 Å². The van der Waals surface area contributed by atoms with Crippen molar-refractivity contribution in [3.8, 4) is 0 Å². The zero-order valence-electron chi connectivity index (χ0n) is 9.64. The number of anilines is 1. The Labute approximate surface area is 102 Å². The molecule has 2 aromatic heterocycles. The van der Waals surface area contributed by atoms with Crippen molar-refractivity contribution >= 4 is 33.7 Å². The molecule has 0 aliphatic carbocycles. The SMILES string of the molecule is COC(=O)c1cc2oc3ncccc3c2cc1N. The smallest absolute Gasteiger partial charge is 0.340 e. The maximum Gasteiger partial charge on any atom is 0.340 e. The summed E-state index contributed by atoms with van der Waals surface area (Å²) in [6.45, 7) is 0. The average Bonchev–Trinajstić information content (AvgIpc) is 2.75. The Hall–Kier alpha value is -2.56. The molecule has 0 spiro atoms. The van der Waals surface area contributed by atoms with E-state index in [-0.39, 0.29) is 0 Å². The highest BCUT2D eigenvalue weighted by atomic mass is 16.5. The number of hydrogen-bond acceptors (Lipinski definition) is 5. The maximum absolute atomic E-state index is 11.5. The van der Waals surface area contributed by atoms with Crippen LogP contribution < -0.4 is 5.73 Å². The van der Waals surface area contributed by atoms with Crippen LogP contribution in [0.15, 0.2) is 34.9 Å². The minimum Gasteiger partial charge on any atom is -0.465 e. The number of carbonyl (C=O) groups excluding carboxylic acids is 1. The van der Waals surface area contributed by atoms with E-state index in [1.807, 2.05) is 12.1 Å². The van der Waals surface area contributed by atoms with Crippen LogP contribution >= 0.6 is 0 Å². The number of nitrogens with two attached hydrogens (primary N) is 1. The van der Waals surface area contributed by atoms with Gasteiger partial charge in [-0.15, -0.1) is 0 Å². The first-order chi connectivity index (χ1) is 8.70. The van der Waals surface area contributed by atoms with Gasteiger partial charge in [-0.2, -0.15) is 0 Å².